The van der Waals surface area contributed by atoms with Crippen molar-refractivity contribution in [3.05, 3.63) is 84.8 Å². The van der Waals surface area contributed by atoms with Crippen LogP contribution in [0.5, 0.6) is 11.5 Å². The SMILES string of the molecule is C[C@H](NC(=O)C(F)(F)F)[C@H](COc1ccccc1)Oc1ccc2c(cnn2-c2ccc(F)cc2)c1. The van der Waals surface area contributed by atoms with Crippen molar-refractivity contribution in [2.45, 2.75) is 25.2 Å². The lowest BCUT2D eigenvalue weighted by molar-refractivity contribution is -0.175. The molecule has 0 saturated carbocycles. The molecule has 182 valence electrons. The van der Waals surface area contributed by atoms with Gasteiger partial charge in [0, 0.05) is 5.39 Å². The topological polar surface area (TPSA) is 65.4 Å². The molecule has 6 nitrogen and oxygen atoms in total. The van der Waals surface area contributed by atoms with Gasteiger partial charge in [0.1, 0.15) is 23.9 Å². The average molecular weight is 487 g/mol. The lowest BCUT2D eigenvalue weighted by Gasteiger charge is -2.26. The van der Waals surface area contributed by atoms with Crippen LogP contribution in [0.15, 0.2) is 79.0 Å². The normalized spacial score (nSPS) is 13.3. The molecular weight excluding hydrogens is 466 g/mol. The molecule has 1 aromatic heterocycles. The first-order valence-electron chi connectivity index (χ1n) is 10.7. The number of hydrogen-bond acceptors (Lipinski definition) is 4. The van der Waals surface area contributed by atoms with Crippen LogP contribution >= 0.6 is 0 Å². The zero-order valence-electron chi connectivity index (χ0n) is 18.5. The van der Waals surface area contributed by atoms with Crippen LogP contribution in [-0.4, -0.2) is 40.6 Å². The van der Waals surface area contributed by atoms with E-state index in [0.29, 0.717) is 22.6 Å². The predicted octanol–water partition coefficient (Wildman–Crippen LogP) is 5.06. The molecule has 1 amide bonds. The Kier molecular flexibility index (Phi) is 6.90. The number of para-hydroxylation sites is 1. The lowest BCUT2D eigenvalue weighted by Crippen LogP contribution is -2.50. The Morgan fingerprint density at radius 1 is 1.03 bits per heavy atom. The molecule has 0 saturated heterocycles. The van der Waals surface area contributed by atoms with Gasteiger partial charge in [-0.05, 0) is 61.5 Å². The smallest absolute Gasteiger partial charge is 0.471 e. The number of aromatic nitrogens is 2. The number of hydrogen-bond donors (Lipinski definition) is 1. The number of benzene rings is 3. The zero-order chi connectivity index (χ0) is 25.0. The highest BCUT2D eigenvalue weighted by Gasteiger charge is 2.40. The van der Waals surface area contributed by atoms with E-state index in [2.05, 4.69) is 5.10 Å². The number of halogens is 4. The second-order valence-electron chi connectivity index (χ2n) is 7.79. The first-order valence-corrected chi connectivity index (χ1v) is 10.7. The summed E-state index contributed by atoms with van der Waals surface area (Å²) in [6.45, 7) is 1.30. The third-order valence-electron chi connectivity index (χ3n) is 5.23. The summed E-state index contributed by atoms with van der Waals surface area (Å²) in [6.07, 6.45) is -4.37. The van der Waals surface area contributed by atoms with Gasteiger partial charge in [-0.1, -0.05) is 18.2 Å². The van der Waals surface area contributed by atoms with E-state index >= 15 is 0 Å². The Balaban J connectivity index is 1.55. The van der Waals surface area contributed by atoms with Gasteiger partial charge in [0.2, 0.25) is 0 Å². The van der Waals surface area contributed by atoms with Crippen LogP contribution in [0.1, 0.15) is 6.92 Å². The van der Waals surface area contributed by atoms with Crippen LogP contribution in [0.4, 0.5) is 17.6 Å². The Labute approximate surface area is 198 Å². The number of nitrogens with zero attached hydrogens (tertiary/aromatic N) is 2. The third-order valence-corrected chi connectivity index (χ3v) is 5.23. The lowest BCUT2D eigenvalue weighted by atomic mass is 10.2. The molecule has 3 aromatic carbocycles. The fraction of sp³-hybridized carbons (Fsp3) is 0.200. The summed E-state index contributed by atoms with van der Waals surface area (Å²) in [4.78, 5) is 11.5. The average Bonchev–Trinajstić information content (AvgIpc) is 3.25. The van der Waals surface area contributed by atoms with Gasteiger partial charge in [-0.2, -0.15) is 18.3 Å². The van der Waals surface area contributed by atoms with Gasteiger partial charge < -0.3 is 14.8 Å². The highest BCUT2D eigenvalue weighted by atomic mass is 19.4. The monoisotopic (exact) mass is 487 g/mol. The highest BCUT2D eigenvalue weighted by Crippen LogP contribution is 2.25. The summed E-state index contributed by atoms with van der Waals surface area (Å²) in [5, 5.41) is 6.95. The van der Waals surface area contributed by atoms with Crippen molar-refractivity contribution in [3.63, 3.8) is 0 Å². The Bertz CT molecular complexity index is 1290. The minimum Gasteiger partial charge on any atom is -0.490 e. The van der Waals surface area contributed by atoms with Crippen molar-refractivity contribution < 1.29 is 31.8 Å². The number of rotatable bonds is 8. The fourth-order valence-electron chi connectivity index (χ4n) is 3.40. The molecule has 0 spiro atoms. The number of alkyl halides is 3. The summed E-state index contributed by atoms with van der Waals surface area (Å²) in [7, 11) is 0. The molecule has 4 rings (SSSR count). The van der Waals surface area contributed by atoms with Crippen molar-refractivity contribution in [1.82, 2.24) is 15.1 Å². The minimum absolute atomic E-state index is 0.115. The quantitative estimate of drug-likeness (QED) is 0.353. The molecule has 35 heavy (non-hydrogen) atoms. The summed E-state index contributed by atoms with van der Waals surface area (Å²) in [6, 6.07) is 18.6. The summed E-state index contributed by atoms with van der Waals surface area (Å²) in [5.41, 5.74) is 1.38. The van der Waals surface area contributed by atoms with E-state index in [4.69, 9.17) is 9.47 Å². The van der Waals surface area contributed by atoms with Gasteiger partial charge in [0.25, 0.3) is 0 Å². The Morgan fingerprint density at radius 2 is 1.74 bits per heavy atom. The van der Waals surface area contributed by atoms with E-state index in [9.17, 15) is 22.4 Å². The number of ether oxygens (including phenoxy) is 2. The Hall–Kier alpha value is -4.08. The van der Waals surface area contributed by atoms with Gasteiger partial charge >= 0.3 is 12.1 Å². The van der Waals surface area contributed by atoms with E-state index in [-0.39, 0.29) is 12.4 Å². The second-order valence-corrected chi connectivity index (χ2v) is 7.79. The van der Waals surface area contributed by atoms with E-state index in [1.807, 2.05) is 5.32 Å². The van der Waals surface area contributed by atoms with Crippen molar-refractivity contribution >= 4 is 16.8 Å². The van der Waals surface area contributed by atoms with E-state index in [0.717, 1.165) is 5.52 Å². The summed E-state index contributed by atoms with van der Waals surface area (Å²) < 4.78 is 64.8. The highest BCUT2D eigenvalue weighted by molar-refractivity contribution is 5.82. The number of fused-ring (bicyclic) bond motifs is 1. The van der Waals surface area contributed by atoms with Gasteiger partial charge in [-0.25, -0.2) is 9.07 Å². The molecule has 10 heteroatoms. The standard InChI is InChI=1S/C25H21F4N3O3/c1-16(31-24(33)25(27,28)29)23(15-34-20-5-3-2-4-6-20)35-21-11-12-22-17(13-21)14-30-32(22)19-9-7-18(26)8-10-19/h2-14,16,23H,15H2,1H3,(H,31,33)/t16-,23-/m0/s1. The maximum absolute atomic E-state index is 13.3. The molecule has 0 radical (unpaired) electrons. The van der Waals surface area contributed by atoms with Gasteiger partial charge in [-0.15, -0.1) is 0 Å². The maximum Gasteiger partial charge on any atom is 0.471 e. The number of carbonyl (C=O) groups excluding carboxylic acids is 1. The molecule has 0 aliphatic rings. The molecule has 0 aliphatic heterocycles. The van der Waals surface area contributed by atoms with Crippen molar-refractivity contribution in [2.24, 2.45) is 0 Å². The third kappa shape index (κ3) is 5.89. The maximum atomic E-state index is 13.3. The minimum atomic E-state index is -5.02. The molecule has 0 unspecified atom stereocenters. The number of carbonyl (C=O) groups is 1. The van der Waals surface area contributed by atoms with Crippen LogP contribution in [-0.2, 0) is 4.79 Å². The van der Waals surface area contributed by atoms with Crippen LogP contribution in [0, 0.1) is 5.82 Å². The van der Waals surface area contributed by atoms with Crippen LogP contribution in [0.3, 0.4) is 0 Å². The summed E-state index contributed by atoms with van der Waals surface area (Å²) >= 11 is 0. The largest absolute Gasteiger partial charge is 0.490 e. The molecule has 1 heterocycles. The van der Waals surface area contributed by atoms with Crippen LogP contribution in [0.2, 0.25) is 0 Å². The van der Waals surface area contributed by atoms with E-state index < -0.39 is 24.2 Å². The van der Waals surface area contributed by atoms with Gasteiger partial charge in [0.15, 0.2) is 6.10 Å². The van der Waals surface area contributed by atoms with Crippen LogP contribution in [0.25, 0.3) is 16.6 Å². The van der Waals surface area contributed by atoms with E-state index in [1.165, 1.54) is 19.1 Å². The predicted molar refractivity (Wildman–Crippen MR) is 121 cm³/mol. The second kappa shape index (κ2) is 10.0. The summed E-state index contributed by atoms with van der Waals surface area (Å²) in [5.74, 6) is -1.57. The van der Waals surface area contributed by atoms with Crippen molar-refractivity contribution in [2.75, 3.05) is 6.61 Å². The van der Waals surface area contributed by atoms with E-state index in [1.54, 1.807) is 71.5 Å². The molecule has 0 aliphatic carbocycles. The zero-order valence-corrected chi connectivity index (χ0v) is 18.5. The molecular formula is C25H21F4N3O3. The molecule has 1 N–H and O–H groups in total. The van der Waals surface area contributed by atoms with Crippen molar-refractivity contribution in [1.29, 1.82) is 0 Å². The van der Waals surface area contributed by atoms with Crippen molar-refractivity contribution in [3.8, 4) is 17.2 Å². The van der Waals surface area contributed by atoms with Gasteiger partial charge in [-0.3, -0.25) is 4.79 Å². The molecule has 2 atom stereocenters. The van der Waals surface area contributed by atoms with Gasteiger partial charge in [0.05, 0.1) is 23.4 Å². The van der Waals surface area contributed by atoms with Crippen LogP contribution < -0.4 is 14.8 Å². The number of amides is 1. The first-order chi connectivity index (χ1) is 16.7. The molecule has 0 fully saturated rings. The molecule has 4 aromatic rings. The first kappa shape index (κ1) is 24.1. The number of nitrogens with one attached hydrogen (secondary N) is 1. The fourth-order valence-corrected chi connectivity index (χ4v) is 3.40. The Morgan fingerprint density at radius 3 is 2.43 bits per heavy atom. The molecule has 0 bridgehead atoms.